The third-order valence-electron chi connectivity index (χ3n) is 4.70. The number of piperidine rings is 1. The highest BCUT2D eigenvalue weighted by molar-refractivity contribution is 5.89. The molecule has 2 aromatic rings. The highest BCUT2D eigenvalue weighted by Gasteiger charge is 2.31. The number of para-hydroxylation sites is 1. The van der Waals surface area contributed by atoms with Gasteiger partial charge in [0.25, 0.3) is 0 Å². The molecule has 0 radical (unpaired) electrons. The Kier molecular flexibility index (Phi) is 5.20. The van der Waals surface area contributed by atoms with E-state index in [1.807, 2.05) is 35.8 Å². The third-order valence-corrected chi connectivity index (χ3v) is 4.70. The minimum atomic E-state index is -4.41. The van der Waals surface area contributed by atoms with E-state index in [-0.39, 0.29) is 12.3 Å². The Morgan fingerprint density at radius 1 is 1.19 bits per heavy atom. The van der Waals surface area contributed by atoms with Crippen molar-refractivity contribution in [2.24, 2.45) is 5.92 Å². The van der Waals surface area contributed by atoms with Crippen molar-refractivity contribution in [3.8, 4) is 0 Å². The molecule has 0 bridgehead atoms. The van der Waals surface area contributed by atoms with Crippen LogP contribution in [0.4, 0.5) is 13.2 Å². The number of H-pyrrole nitrogens is 1. The fourth-order valence-corrected chi connectivity index (χ4v) is 3.28. The molecule has 5 nitrogen and oxygen atoms in total. The van der Waals surface area contributed by atoms with Crippen LogP contribution in [0.5, 0.6) is 0 Å². The van der Waals surface area contributed by atoms with E-state index in [2.05, 4.69) is 4.98 Å². The summed E-state index contributed by atoms with van der Waals surface area (Å²) in [4.78, 5) is 29.1. The quantitative estimate of drug-likeness (QED) is 0.873. The second kappa shape index (κ2) is 7.39. The van der Waals surface area contributed by atoms with Crippen LogP contribution in [0.15, 0.2) is 30.5 Å². The van der Waals surface area contributed by atoms with Gasteiger partial charge >= 0.3 is 6.18 Å². The minimum absolute atomic E-state index is 0.0381. The first kappa shape index (κ1) is 18.3. The molecular weight excluding hydrogens is 347 g/mol. The maximum absolute atomic E-state index is 12.5. The number of rotatable bonds is 4. The van der Waals surface area contributed by atoms with Gasteiger partial charge in [0.15, 0.2) is 0 Å². The maximum Gasteiger partial charge on any atom is 0.405 e. The summed E-state index contributed by atoms with van der Waals surface area (Å²) < 4.78 is 36.5. The number of nitrogens with one attached hydrogen (secondary N) is 2. The number of aromatic nitrogens is 1. The molecule has 1 fully saturated rings. The zero-order chi connectivity index (χ0) is 18.7. The van der Waals surface area contributed by atoms with Gasteiger partial charge < -0.3 is 15.2 Å². The highest BCUT2D eigenvalue weighted by Crippen LogP contribution is 2.22. The number of alkyl halides is 3. The van der Waals surface area contributed by atoms with Gasteiger partial charge in [-0.1, -0.05) is 18.2 Å². The lowest BCUT2D eigenvalue weighted by Crippen LogP contribution is -2.45. The number of hydrogen-bond acceptors (Lipinski definition) is 2. The van der Waals surface area contributed by atoms with Crippen LogP contribution in [0, 0.1) is 5.92 Å². The fourth-order valence-electron chi connectivity index (χ4n) is 3.28. The van der Waals surface area contributed by atoms with Crippen LogP contribution in [-0.4, -0.2) is 47.5 Å². The number of amides is 2. The molecule has 1 saturated heterocycles. The number of likely N-dealkylation sites (tertiary alicyclic amines) is 1. The number of nitrogens with zero attached hydrogens (tertiary/aromatic N) is 1. The number of aromatic amines is 1. The molecule has 1 aromatic carbocycles. The van der Waals surface area contributed by atoms with Gasteiger partial charge in [-0.25, -0.2) is 0 Å². The van der Waals surface area contributed by atoms with Crippen molar-refractivity contribution < 1.29 is 22.8 Å². The molecule has 0 aliphatic carbocycles. The first-order valence-corrected chi connectivity index (χ1v) is 8.51. The second-order valence-electron chi connectivity index (χ2n) is 6.52. The van der Waals surface area contributed by atoms with Crippen molar-refractivity contribution in [1.82, 2.24) is 15.2 Å². The molecule has 26 heavy (non-hydrogen) atoms. The van der Waals surface area contributed by atoms with Crippen molar-refractivity contribution in [2.45, 2.75) is 25.4 Å². The lowest BCUT2D eigenvalue weighted by molar-refractivity contribution is -0.142. The number of fused-ring (bicyclic) bond motifs is 1. The van der Waals surface area contributed by atoms with Crippen LogP contribution in [0.2, 0.25) is 0 Å². The summed E-state index contributed by atoms with van der Waals surface area (Å²) in [5, 5.41) is 2.92. The molecular formula is C18H20F3N3O2. The fraction of sp³-hybridized carbons (Fsp3) is 0.444. The Morgan fingerprint density at radius 3 is 2.58 bits per heavy atom. The molecule has 3 rings (SSSR count). The Hall–Kier alpha value is -2.51. The normalized spacial score (nSPS) is 16.0. The summed E-state index contributed by atoms with van der Waals surface area (Å²) in [5.41, 5.74) is 1.88. The average Bonchev–Trinajstić information content (AvgIpc) is 3.02. The van der Waals surface area contributed by atoms with E-state index >= 15 is 0 Å². The molecule has 8 heteroatoms. The molecule has 1 aromatic heterocycles. The van der Waals surface area contributed by atoms with Gasteiger partial charge in [0.05, 0.1) is 6.42 Å². The van der Waals surface area contributed by atoms with Gasteiger partial charge in [-0.2, -0.15) is 13.2 Å². The van der Waals surface area contributed by atoms with Gasteiger partial charge in [0, 0.05) is 36.1 Å². The first-order valence-electron chi connectivity index (χ1n) is 8.51. The van der Waals surface area contributed by atoms with E-state index < -0.39 is 24.5 Å². The number of halogens is 3. The summed E-state index contributed by atoms with van der Waals surface area (Å²) in [6.07, 6.45) is -1.58. The zero-order valence-electron chi connectivity index (χ0n) is 14.1. The van der Waals surface area contributed by atoms with Crippen LogP contribution >= 0.6 is 0 Å². The van der Waals surface area contributed by atoms with Gasteiger partial charge in [0.1, 0.15) is 6.54 Å². The van der Waals surface area contributed by atoms with E-state index in [0.29, 0.717) is 25.9 Å². The van der Waals surface area contributed by atoms with E-state index in [0.717, 1.165) is 16.5 Å². The predicted octanol–water partition coefficient (Wildman–Crippen LogP) is 2.63. The molecule has 2 amide bonds. The number of benzene rings is 1. The van der Waals surface area contributed by atoms with Gasteiger partial charge in [-0.15, -0.1) is 0 Å². The standard InChI is InChI=1S/C18H20F3N3O2/c19-18(20,21)11-23-17(26)12-5-7-24(8-6-12)16(25)9-13-10-22-15-4-2-1-3-14(13)15/h1-4,10,12,22H,5-9,11H2,(H,23,26). The van der Waals surface area contributed by atoms with Gasteiger partial charge in [0.2, 0.25) is 11.8 Å². The predicted molar refractivity (Wildman–Crippen MR) is 90.4 cm³/mol. The Bertz CT molecular complexity index is 792. The number of carbonyl (C=O) groups excluding carboxylic acids is 2. The highest BCUT2D eigenvalue weighted by atomic mass is 19.4. The molecule has 2 N–H and O–H groups in total. The maximum atomic E-state index is 12.5. The molecule has 140 valence electrons. The summed E-state index contributed by atoms with van der Waals surface area (Å²) in [7, 11) is 0. The lowest BCUT2D eigenvalue weighted by Gasteiger charge is -2.31. The summed E-state index contributed by atoms with van der Waals surface area (Å²) in [5.74, 6) is -1.11. The van der Waals surface area contributed by atoms with E-state index in [1.165, 1.54) is 0 Å². The van der Waals surface area contributed by atoms with Crippen molar-refractivity contribution in [3.63, 3.8) is 0 Å². The topological polar surface area (TPSA) is 65.2 Å². The monoisotopic (exact) mass is 367 g/mol. The number of hydrogen-bond donors (Lipinski definition) is 2. The van der Waals surface area contributed by atoms with Crippen LogP contribution in [0.1, 0.15) is 18.4 Å². The third kappa shape index (κ3) is 4.36. The van der Waals surface area contributed by atoms with Crippen LogP contribution in [0.3, 0.4) is 0 Å². The smallest absolute Gasteiger partial charge is 0.361 e. The van der Waals surface area contributed by atoms with E-state index in [4.69, 9.17) is 0 Å². The summed E-state index contributed by atoms with van der Waals surface area (Å²) in [6, 6.07) is 7.72. The Labute approximate surface area is 148 Å². The molecule has 2 heterocycles. The summed E-state index contributed by atoms with van der Waals surface area (Å²) >= 11 is 0. The van der Waals surface area contributed by atoms with Crippen LogP contribution < -0.4 is 5.32 Å². The number of carbonyl (C=O) groups is 2. The molecule has 0 atom stereocenters. The lowest BCUT2D eigenvalue weighted by atomic mass is 9.95. The Morgan fingerprint density at radius 2 is 1.88 bits per heavy atom. The first-order chi connectivity index (χ1) is 12.3. The Balaban J connectivity index is 1.51. The minimum Gasteiger partial charge on any atom is -0.361 e. The van der Waals surface area contributed by atoms with Crippen LogP contribution in [0.25, 0.3) is 10.9 Å². The average molecular weight is 367 g/mol. The van der Waals surface area contributed by atoms with E-state index in [9.17, 15) is 22.8 Å². The van der Waals surface area contributed by atoms with Crippen molar-refractivity contribution in [1.29, 1.82) is 0 Å². The largest absolute Gasteiger partial charge is 0.405 e. The van der Waals surface area contributed by atoms with E-state index in [1.54, 1.807) is 4.90 Å². The molecule has 0 spiro atoms. The van der Waals surface area contributed by atoms with Crippen molar-refractivity contribution in [2.75, 3.05) is 19.6 Å². The van der Waals surface area contributed by atoms with Gasteiger partial charge in [-0.3, -0.25) is 9.59 Å². The molecule has 1 aliphatic rings. The van der Waals surface area contributed by atoms with Gasteiger partial charge in [-0.05, 0) is 24.5 Å². The zero-order valence-corrected chi connectivity index (χ0v) is 14.1. The molecule has 0 saturated carbocycles. The van der Waals surface area contributed by atoms with Crippen LogP contribution in [-0.2, 0) is 16.0 Å². The van der Waals surface area contributed by atoms with Crippen molar-refractivity contribution in [3.05, 3.63) is 36.0 Å². The summed E-state index contributed by atoms with van der Waals surface area (Å²) in [6.45, 7) is -0.553. The second-order valence-corrected chi connectivity index (χ2v) is 6.52. The SMILES string of the molecule is O=C(NCC(F)(F)F)C1CCN(C(=O)Cc2c[nH]c3ccccc23)CC1. The van der Waals surface area contributed by atoms with Crippen molar-refractivity contribution >= 4 is 22.7 Å². The molecule has 0 unspecified atom stereocenters. The molecule has 1 aliphatic heterocycles.